The Bertz CT molecular complexity index is 306. The summed E-state index contributed by atoms with van der Waals surface area (Å²) in [5, 5.41) is 11.1. The molecule has 0 saturated heterocycles. The number of carboxylic acid groups (broad SMARTS) is 1. The van der Waals surface area contributed by atoms with Crippen LogP contribution in [0.25, 0.3) is 0 Å². The highest BCUT2D eigenvalue weighted by Crippen LogP contribution is 2.00. The molecule has 0 aromatic rings. The Hall–Kier alpha value is -1.99. The maximum atomic E-state index is 11.7. The summed E-state index contributed by atoms with van der Waals surface area (Å²) >= 11 is 0. The molecule has 104 valence electrons. The molecule has 0 bridgehead atoms. The van der Waals surface area contributed by atoms with Gasteiger partial charge in [0.2, 0.25) is 0 Å². The molecule has 0 radical (unpaired) electrons. The van der Waals surface area contributed by atoms with Crippen molar-refractivity contribution in [3.05, 3.63) is 0 Å². The van der Waals surface area contributed by atoms with Crippen molar-refractivity contribution in [2.45, 2.75) is 26.3 Å². The molecule has 0 saturated carbocycles. The number of carbonyl (C=O) groups is 3. The van der Waals surface area contributed by atoms with Crippen molar-refractivity contribution >= 4 is 18.1 Å². The van der Waals surface area contributed by atoms with E-state index < -0.39 is 18.1 Å². The molecule has 18 heavy (non-hydrogen) atoms. The summed E-state index contributed by atoms with van der Waals surface area (Å²) in [4.78, 5) is 33.8. The van der Waals surface area contributed by atoms with Crippen molar-refractivity contribution in [1.82, 2.24) is 10.2 Å². The summed E-state index contributed by atoms with van der Waals surface area (Å²) in [5.41, 5.74) is 4.75. The number of urea groups is 1. The predicted octanol–water partition coefficient (Wildman–Crippen LogP) is -0.0236. The van der Waals surface area contributed by atoms with Crippen molar-refractivity contribution in [2.24, 2.45) is 5.73 Å². The van der Waals surface area contributed by atoms with Gasteiger partial charge in [0.15, 0.2) is 0 Å². The van der Waals surface area contributed by atoms with Gasteiger partial charge >= 0.3 is 18.1 Å². The van der Waals surface area contributed by atoms with Crippen LogP contribution in [-0.4, -0.2) is 53.8 Å². The molecule has 4 N–H and O–H groups in total. The van der Waals surface area contributed by atoms with Crippen LogP contribution in [0, 0.1) is 0 Å². The van der Waals surface area contributed by atoms with Gasteiger partial charge in [0.25, 0.3) is 0 Å². The molecule has 0 heterocycles. The number of hydrogen-bond donors (Lipinski definition) is 3. The van der Waals surface area contributed by atoms with Crippen molar-refractivity contribution in [3.63, 3.8) is 0 Å². The fourth-order valence-electron chi connectivity index (χ4n) is 1.22. The van der Waals surface area contributed by atoms with Gasteiger partial charge in [0, 0.05) is 12.6 Å². The van der Waals surface area contributed by atoms with E-state index in [1.165, 1.54) is 4.90 Å². The molecule has 8 nitrogen and oxygen atoms in total. The Morgan fingerprint density at radius 3 is 2.44 bits per heavy atom. The van der Waals surface area contributed by atoms with E-state index in [0.717, 1.165) is 0 Å². The van der Waals surface area contributed by atoms with E-state index in [1.807, 2.05) is 0 Å². The summed E-state index contributed by atoms with van der Waals surface area (Å²) < 4.78 is 4.44. The van der Waals surface area contributed by atoms with Crippen LogP contribution < -0.4 is 11.1 Å². The number of hydrogen-bond acceptors (Lipinski definition) is 4. The molecule has 3 amide bonds. The molecule has 0 unspecified atom stereocenters. The zero-order valence-corrected chi connectivity index (χ0v) is 10.5. The van der Waals surface area contributed by atoms with Gasteiger partial charge in [-0.2, -0.15) is 0 Å². The number of aliphatic carboxylic acids is 1. The molecule has 0 spiro atoms. The third-order valence-corrected chi connectivity index (χ3v) is 2.07. The highest BCUT2D eigenvalue weighted by molar-refractivity contribution is 5.75. The number of nitrogens with one attached hydrogen (secondary N) is 1. The van der Waals surface area contributed by atoms with Crippen LogP contribution in [-0.2, 0) is 9.53 Å². The third kappa shape index (κ3) is 7.31. The summed E-state index contributed by atoms with van der Waals surface area (Å²) in [6.45, 7) is 3.78. The lowest BCUT2D eigenvalue weighted by atomic mass is 10.3. The third-order valence-electron chi connectivity index (χ3n) is 2.07. The van der Waals surface area contributed by atoms with Crippen LogP contribution in [0.5, 0.6) is 0 Å². The van der Waals surface area contributed by atoms with Gasteiger partial charge in [-0.1, -0.05) is 0 Å². The number of primary amides is 1. The average molecular weight is 261 g/mol. The lowest BCUT2D eigenvalue weighted by Gasteiger charge is -2.26. The normalized spacial score (nSPS) is 9.94. The number of nitrogens with zero attached hydrogens (tertiary/aromatic N) is 1. The maximum absolute atomic E-state index is 11.7. The Kier molecular flexibility index (Phi) is 7.25. The summed E-state index contributed by atoms with van der Waals surface area (Å²) in [6, 6.07) is -0.527. The zero-order valence-electron chi connectivity index (χ0n) is 10.5. The summed E-state index contributed by atoms with van der Waals surface area (Å²) in [7, 11) is 0. The molecule has 0 aromatic carbocycles. The highest BCUT2D eigenvalue weighted by Gasteiger charge is 2.17. The van der Waals surface area contributed by atoms with Crippen molar-refractivity contribution in [3.8, 4) is 0 Å². The van der Waals surface area contributed by atoms with Crippen LogP contribution >= 0.6 is 0 Å². The topological polar surface area (TPSA) is 122 Å². The molecule has 0 aliphatic heterocycles. The summed E-state index contributed by atoms with van der Waals surface area (Å²) in [6.07, 6.45) is -1.03. The molecule has 0 atom stereocenters. The number of carboxylic acids is 1. The monoisotopic (exact) mass is 261 g/mol. The Labute approximate surface area is 105 Å². The first-order chi connectivity index (χ1) is 8.34. The van der Waals surface area contributed by atoms with E-state index in [2.05, 4.69) is 10.1 Å². The fourth-order valence-corrected chi connectivity index (χ4v) is 1.22. The predicted molar refractivity (Wildman–Crippen MR) is 63.0 cm³/mol. The molecular weight excluding hydrogens is 242 g/mol. The molecule has 0 aliphatic rings. The molecule has 0 rings (SSSR count). The molecule has 0 aliphatic carbocycles. The maximum Gasteiger partial charge on any atom is 0.404 e. The lowest BCUT2D eigenvalue weighted by Crippen LogP contribution is -2.45. The second kappa shape index (κ2) is 8.15. The zero-order chi connectivity index (χ0) is 14.1. The van der Waals surface area contributed by atoms with E-state index >= 15 is 0 Å². The molecule has 0 aromatic heterocycles. The van der Waals surface area contributed by atoms with Crippen LogP contribution in [0.4, 0.5) is 9.59 Å². The number of carbonyl (C=O) groups excluding carboxylic acids is 2. The smallest absolute Gasteiger partial charge is 0.404 e. The standard InChI is InChI=1S/C10H19N3O5/c1-7(2)13(5-3-8(14)15)10(17)12-4-6-18-9(11)16/h7H,3-6H2,1-2H3,(H2,11,16)(H,12,17)(H,14,15). The van der Waals surface area contributed by atoms with E-state index in [0.29, 0.717) is 0 Å². The van der Waals surface area contributed by atoms with E-state index in [9.17, 15) is 14.4 Å². The van der Waals surface area contributed by atoms with Gasteiger partial charge in [0.1, 0.15) is 6.61 Å². The van der Waals surface area contributed by atoms with Gasteiger partial charge in [-0.25, -0.2) is 9.59 Å². The first kappa shape index (κ1) is 16.0. The average Bonchev–Trinajstić information content (AvgIpc) is 2.23. The summed E-state index contributed by atoms with van der Waals surface area (Å²) in [5.74, 6) is -0.967. The first-order valence-corrected chi connectivity index (χ1v) is 5.53. The highest BCUT2D eigenvalue weighted by atomic mass is 16.5. The minimum Gasteiger partial charge on any atom is -0.481 e. The van der Waals surface area contributed by atoms with E-state index in [4.69, 9.17) is 10.8 Å². The van der Waals surface area contributed by atoms with Gasteiger partial charge in [-0.3, -0.25) is 4.79 Å². The van der Waals surface area contributed by atoms with Gasteiger partial charge in [-0.15, -0.1) is 0 Å². The largest absolute Gasteiger partial charge is 0.481 e. The van der Waals surface area contributed by atoms with Gasteiger partial charge in [0.05, 0.1) is 13.0 Å². The second-order valence-corrected chi connectivity index (χ2v) is 3.83. The van der Waals surface area contributed by atoms with Crippen LogP contribution in [0.3, 0.4) is 0 Å². The first-order valence-electron chi connectivity index (χ1n) is 5.53. The van der Waals surface area contributed by atoms with Gasteiger partial charge < -0.3 is 25.8 Å². The van der Waals surface area contributed by atoms with Crippen molar-refractivity contribution in [1.29, 1.82) is 0 Å². The molecule has 0 fully saturated rings. The van der Waals surface area contributed by atoms with Crippen LogP contribution in [0.15, 0.2) is 0 Å². The fraction of sp³-hybridized carbons (Fsp3) is 0.700. The van der Waals surface area contributed by atoms with Gasteiger partial charge in [-0.05, 0) is 13.8 Å². The Morgan fingerprint density at radius 2 is 2.00 bits per heavy atom. The van der Waals surface area contributed by atoms with Crippen LogP contribution in [0.1, 0.15) is 20.3 Å². The Morgan fingerprint density at radius 1 is 1.39 bits per heavy atom. The minimum atomic E-state index is -0.967. The molecular formula is C10H19N3O5. The van der Waals surface area contributed by atoms with Crippen molar-refractivity contribution < 1.29 is 24.2 Å². The SMILES string of the molecule is CC(C)N(CCC(=O)O)C(=O)NCCOC(N)=O. The van der Waals surface area contributed by atoms with E-state index in [1.54, 1.807) is 13.8 Å². The quantitative estimate of drug-likeness (QED) is 0.556. The molecule has 8 heteroatoms. The number of rotatable bonds is 7. The van der Waals surface area contributed by atoms with Crippen LogP contribution in [0.2, 0.25) is 0 Å². The second-order valence-electron chi connectivity index (χ2n) is 3.83. The number of ether oxygens (including phenoxy) is 1. The Balaban J connectivity index is 4.06. The minimum absolute atomic E-state index is 0.0219. The lowest BCUT2D eigenvalue weighted by molar-refractivity contribution is -0.137. The number of nitrogens with two attached hydrogens (primary N) is 1. The number of amides is 3. The van der Waals surface area contributed by atoms with Crippen molar-refractivity contribution in [2.75, 3.05) is 19.7 Å². The van der Waals surface area contributed by atoms with E-state index in [-0.39, 0.29) is 32.2 Å².